The van der Waals surface area contributed by atoms with Crippen LogP contribution in [0.3, 0.4) is 0 Å². The summed E-state index contributed by atoms with van der Waals surface area (Å²) in [5.74, 6) is -1.28. The number of unbranched alkanes of at least 4 members (excludes halogenated alkanes) is 2. The van der Waals surface area contributed by atoms with Gasteiger partial charge in [0.25, 0.3) is 11.8 Å². The van der Waals surface area contributed by atoms with Crippen LogP contribution in [0.1, 0.15) is 90.2 Å². The van der Waals surface area contributed by atoms with E-state index in [1.807, 2.05) is 24.3 Å². The first kappa shape index (κ1) is 60.3. The van der Waals surface area contributed by atoms with Crippen LogP contribution in [-0.2, 0) is 78.4 Å². The summed E-state index contributed by atoms with van der Waals surface area (Å²) in [5.41, 5.74) is 6.67. The molecule has 0 aromatic heterocycles. The minimum atomic E-state index is -3.92. The number of nitrogens with zero attached hydrogens (tertiary/aromatic N) is 3. The summed E-state index contributed by atoms with van der Waals surface area (Å²) in [5, 5.41) is 13.0. The molecule has 416 valence electrons. The van der Waals surface area contributed by atoms with Gasteiger partial charge in [0.2, 0.25) is 25.7 Å². The average molecular weight is 1120 g/mol. The van der Waals surface area contributed by atoms with Gasteiger partial charge in [-0.1, -0.05) is 49.6 Å². The molecule has 3 aliphatic rings. The number of sulfonamides is 2. The Balaban J connectivity index is 1.17. The minimum absolute atomic E-state index is 0.0118. The molecule has 3 aromatic rings. The second kappa shape index (κ2) is 28.1. The van der Waals surface area contributed by atoms with Gasteiger partial charge in [0.15, 0.2) is 12.3 Å². The lowest BCUT2D eigenvalue weighted by Gasteiger charge is -2.27. The number of hydrogen-bond donors (Lipinski definition) is 3. The van der Waals surface area contributed by atoms with Gasteiger partial charge >= 0.3 is 5.97 Å². The molecular weight excluding hydrogens is 1040 g/mol. The lowest BCUT2D eigenvalue weighted by Crippen LogP contribution is -2.31. The monoisotopic (exact) mass is 1110 g/mol. The number of hydrogen-bond acceptors (Lipinski definition) is 17. The van der Waals surface area contributed by atoms with E-state index in [1.54, 1.807) is 38.5 Å². The van der Waals surface area contributed by atoms with Gasteiger partial charge in [-0.05, 0) is 98.7 Å². The van der Waals surface area contributed by atoms with E-state index in [9.17, 15) is 31.2 Å². The van der Waals surface area contributed by atoms with E-state index in [0.29, 0.717) is 89.0 Å². The van der Waals surface area contributed by atoms with Crippen LogP contribution in [0.2, 0.25) is 0 Å². The van der Waals surface area contributed by atoms with Crippen molar-refractivity contribution < 1.29 is 74.2 Å². The van der Waals surface area contributed by atoms with Crippen molar-refractivity contribution in [3.8, 4) is 11.1 Å². The maximum Gasteiger partial charge on any atom is 0.333 e. The second-order valence-corrected chi connectivity index (χ2v) is 23.6. The van der Waals surface area contributed by atoms with Gasteiger partial charge in [-0.25, -0.2) is 36.3 Å². The molecular formula is C53H72N5O15S3+. The quantitative estimate of drug-likeness (QED) is 0.0141. The van der Waals surface area contributed by atoms with E-state index >= 15 is 0 Å². The van der Waals surface area contributed by atoms with Crippen LogP contribution in [0.15, 0.2) is 94.4 Å². The van der Waals surface area contributed by atoms with Gasteiger partial charge in [0.1, 0.15) is 6.61 Å². The Morgan fingerprint density at radius 2 is 1.41 bits per heavy atom. The maximum atomic E-state index is 13.7. The Morgan fingerprint density at radius 3 is 2.11 bits per heavy atom. The van der Waals surface area contributed by atoms with Gasteiger partial charge in [0.05, 0.1) is 48.2 Å². The number of methoxy groups -OCH3 is 2. The summed E-state index contributed by atoms with van der Waals surface area (Å²) in [6.07, 6.45) is 8.99. The molecule has 3 N–H and O–H groups in total. The first-order valence-electron chi connectivity index (χ1n) is 25.4. The number of nitrogens with one attached hydrogen (secondary N) is 2. The number of carbonyl (C=O) groups excluding carboxylic acids is 3. The molecule has 3 heterocycles. The maximum absolute atomic E-state index is 13.7. The fourth-order valence-corrected chi connectivity index (χ4v) is 11.9. The third-order valence-corrected chi connectivity index (χ3v) is 16.9. The van der Waals surface area contributed by atoms with Crippen molar-refractivity contribution >= 4 is 67.0 Å². The van der Waals surface area contributed by atoms with E-state index < -0.39 is 48.7 Å². The number of hydroxylamine groups is 2. The highest BCUT2D eigenvalue weighted by molar-refractivity contribution is 7.94. The van der Waals surface area contributed by atoms with Crippen molar-refractivity contribution in [2.45, 2.75) is 99.7 Å². The molecule has 0 saturated carbocycles. The average Bonchev–Trinajstić information content (AvgIpc) is 3.96. The molecule has 0 atom stereocenters. The standard InChI is InChI=1S/C53H71N5O15S3/c1-52(2)43-37-40(39-16-19-41(20-17-39)75(63,64)55-27-30-69-34-32-67-5)18-22-45(43)57(29-31-70-35-33-68-6)48(52)14-10-9-13-47-53(3,4)44-38-42(21-23-46(44)56(47)28-12-36-74-73-72-62)76(65,66)54-26-11-7-8-15-51(61)71-58-49(59)24-25-50(58)60/h10,13-14,16-23,37-38,54-55H,7-9,11-12,15,24-36H2,1-6H3/p+1/b14-10+,47-13-. The Hall–Kier alpha value is -4.89. The van der Waals surface area contributed by atoms with Crippen molar-refractivity contribution in [3.63, 3.8) is 0 Å². The number of ether oxygens (including phenoxy) is 4. The molecule has 0 radical (unpaired) electrons. The van der Waals surface area contributed by atoms with E-state index in [1.165, 1.54) is 0 Å². The lowest BCUT2D eigenvalue weighted by molar-refractivity contribution is -0.442. The van der Waals surface area contributed by atoms with Gasteiger partial charge in [-0.3, -0.25) is 9.59 Å². The number of benzene rings is 3. The van der Waals surface area contributed by atoms with Crippen molar-refractivity contribution in [1.29, 1.82) is 0 Å². The number of amides is 2. The van der Waals surface area contributed by atoms with Crippen LogP contribution in [0.25, 0.3) is 11.1 Å². The van der Waals surface area contributed by atoms with E-state index in [0.717, 1.165) is 57.1 Å². The Labute approximate surface area is 450 Å². The van der Waals surface area contributed by atoms with Gasteiger partial charge in [-0.15, -0.1) is 9.40 Å². The second-order valence-electron chi connectivity index (χ2n) is 19.3. The summed E-state index contributed by atoms with van der Waals surface area (Å²) in [6, 6.07) is 18.3. The fourth-order valence-electron chi connectivity index (χ4n) is 9.39. The predicted octanol–water partition coefficient (Wildman–Crippen LogP) is 6.87. The van der Waals surface area contributed by atoms with Crippen molar-refractivity contribution in [2.75, 3.05) is 90.7 Å². The zero-order chi connectivity index (χ0) is 54.9. The zero-order valence-corrected chi connectivity index (χ0v) is 46.6. The van der Waals surface area contributed by atoms with E-state index in [4.69, 9.17) is 29.0 Å². The van der Waals surface area contributed by atoms with Gasteiger partial charge in [0, 0.05) is 105 Å². The van der Waals surface area contributed by atoms with Crippen molar-refractivity contribution in [1.82, 2.24) is 14.5 Å². The normalized spacial score (nSPS) is 16.7. The molecule has 76 heavy (non-hydrogen) atoms. The molecule has 3 aromatic carbocycles. The molecule has 0 unspecified atom stereocenters. The molecule has 0 aliphatic carbocycles. The Kier molecular flexibility index (Phi) is 22.3. The topological polar surface area (TPSA) is 238 Å². The number of rotatable bonds is 33. The fraction of sp³-hybridized carbons (Fsp3) is 0.509. The summed E-state index contributed by atoms with van der Waals surface area (Å²) in [6.45, 7) is 12.4. The highest BCUT2D eigenvalue weighted by Crippen LogP contribution is 2.49. The van der Waals surface area contributed by atoms with Crippen molar-refractivity contribution in [2.24, 2.45) is 0 Å². The third-order valence-electron chi connectivity index (χ3n) is 13.4. The Morgan fingerprint density at radius 1 is 0.750 bits per heavy atom. The smallest absolute Gasteiger partial charge is 0.333 e. The number of imide groups is 1. The molecule has 2 amide bonds. The van der Waals surface area contributed by atoms with E-state index in [2.05, 4.69) is 86.3 Å². The first-order valence-corrected chi connectivity index (χ1v) is 29.2. The highest BCUT2D eigenvalue weighted by Gasteiger charge is 2.45. The number of fused-ring (bicyclic) bond motifs is 2. The zero-order valence-electron chi connectivity index (χ0n) is 44.2. The highest BCUT2D eigenvalue weighted by atomic mass is 32.2. The summed E-state index contributed by atoms with van der Waals surface area (Å²) in [4.78, 5) is 43.1. The number of anilines is 1. The number of allylic oxidation sites excluding steroid dienone is 4. The van der Waals surface area contributed by atoms with Crippen molar-refractivity contribution in [3.05, 3.63) is 95.7 Å². The van der Waals surface area contributed by atoms with Gasteiger partial charge < -0.3 is 28.7 Å². The van der Waals surface area contributed by atoms with Crippen LogP contribution >= 0.6 is 12.0 Å². The molecule has 23 heteroatoms. The van der Waals surface area contributed by atoms with Gasteiger partial charge in [-0.2, -0.15) is 4.58 Å². The summed E-state index contributed by atoms with van der Waals surface area (Å²) >= 11 is 0.970. The van der Waals surface area contributed by atoms with Crippen LogP contribution in [0.4, 0.5) is 11.4 Å². The molecule has 20 nitrogen and oxygen atoms in total. The molecule has 6 rings (SSSR count). The Bertz CT molecular complexity index is 2800. The van der Waals surface area contributed by atoms with Crippen LogP contribution in [0.5, 0.6) is 0 Å². The van der Waals surface area contributed by atoms with Crippen LogP contribution in [0, 0.1) is 0 Å². The summed E-state index contributed by atoms with van der Waals surface area (Å²) in [7, 11) is -4.46. The molecule has 0 spiro atoms. The largest absolute Gasteiger partial charge is 0.382 e. The molecule has 1 saturated heterocycles. The van der Waals surface area contributed by atoms with Crippen LogP contribution < -0.4 is 14.3 Å². The minimum Gasteiger partial charge on any atom is -0.382 e. The predicted molar refractivity (Wildman–Crippen MR) is 287 cm³/mol. The SMILES string of the molecule is COCCOCCNS(=O)(=O)c1ccc(-c2ccc3c(c2)C(C)(C)C(/C=C/C/C=C2\N(CCCSOOO)c4ccc(S(=O)(=O)NCCCCCC(=O)ON5C(=O)CCC5=O)cc4C2(C)C)=[N+]3CCOCCOC)cc1. The molecule has 3 aliphatic heterocycles. The lowest BCUT2D eigenvalue weighted by atomic mass is 9.80. The number of carbonyl (C=O) groups is 3. The van der Waals surface area contributed by atoms with E-state index in [-0.39, 0.29) is 48.7 Å². The molecule has 1 fully saturated rings. The first-order chi connectivity index (χ1) is 36.4. The summed E-state index contributed by atoms with van der Waals surface area (Å²) < 4.78 is 87.2. The molecule has 0 bridgehead atoms. The van der Waals surface area contributed by atoms with Crippen LogP contribution in [-0.4, -0.2) is 141 Å². The third kappa shape index (κ3) is 15.4.